The van der Waals surface area contributed by atoms with Gasteiger partial charge in [0.1, 0.15) is 6.10 Å². The number of fused-ring (bicyclic) bond motifs is 3. The van der Waals surface area contributed by atoms with Crippen LogP contribution in [0, 0.1) is 0 Å². The Labute approximate surface area is 165 Å². The van der Waals surface area contributed by atoms with E-state index >= 15 is 0 Å². The second-order valence-corrected chi connectivity index (χ2v) is 7.40. The van der Waals surface area contributed by atoms with Gasteiger partial charge in [0.05, 0.1) is 33.0 Å². The van der Waals surface area contributed by atoms with E-state index in [1.54, 1.807) is 26.4 Å². The lowest BCUT2D eigenvalue weighted by molar-refractivity contribution is -0.0391. The molecular weight excluding hydrogens is 356 g/mol. The summed E-state index contributed by atoms with van der Waals surface area (Å²) in [6, 6.07) is 11.6. The number of hydrogen-bond acceptors (Lipinski definition) is 5. The maximum absolute atomic E-state index is 11.8. The van der Waals surface area contributed by atoms with E-state index in [1.807, 2.05) is 18.2 Å². The molecule has 1 fully saturated rings. The molecule has 0 N–H and O–H groups in total. The molecule has 4 rings (SSSR count). The Morgan fingerprint density at radius 3 is 2.21 bits per heavy atom. The van der Waals surface area contributed by atoms with E-state index in [1.165, 1.54) is 25.5 Å². The van der Waals surface area contributed by atoms with Crippen LogP contribution in [0.5, 0.6) is 11.5 Å². The van der Waals surface area contributed by atoms with Gasteiger partial charge in [-0.2, -0.15) is 0 Å². The zero-order valence-electron chi connectivity index (χ0n) is 16.6. The molecule has 3 atom stereocenters. The van der Waals surface area contributed by atoms with E-state index in [-0.39, 0.29) is 18.2 Å². The van der Waals surface area contributed by atoms with Gasteiger partial charge >= 0.3 is 5.97 Å². The summed E-state index contributed by atoms with van der Waals surface area (Å²) in [5.41, 5.74) is 3.96. The summed E-state index contributed by atoms with van der Waals surface area (Å²) in [4.78, 5) is 11.8. The summed E-state index contributed by atoms with van der Waals surface area (Å²) in [6.07, 6.45) is 4.61. The third kappa shape index (κ3) is 3.24. The third-order valence-corrected chi connectivity index (χ3v) is 5.92. The quantitative estimate of drug-likeness (QED) is 0.721. The van der Waals surface area contributed by atoms with Crippen LogP contribution in [0.3, 0.4) is 0 Å². The van der Waals surface area contributed by atoms with Gasteiger partial charge in [-0.15, -0.1) is 0 Å². The monoisotopic (exact) mass is 382 g/mol. The van der Waals surface area contributed by atoms with E-state index < -0.39 is 0 Å². The normalized spacial score (nSPS) is 23.3. The molecule has 1 heterocycles. The van der Waals surface area contributed by atoms with Crippen LogP contribution in [0.2, 0.25) is 0 Å². The van der Waals surface area contributed by atoms with Gasteiger partial charge in [0.25, 0.3) is 0 Å². The molecule has 1 aliphatic carbocycles. The zero-order chi connectivity index (χ0) is 19.7. The Hall–Kier alpha value is -2.53. The van der Waals surface area contributed by atoms with Gasteiger partial charge in [0, 0.05) is 5.92 Å². The van der Waals surface area contributed by atoms with E-state index in [2.05, 4.69) is 6.07 Å². The molecule has 0 unspecified atom stereocenters. The molecule has 0 spiro atoms. The van der Waals surface area contributed by atoms with Crippen molar-refractivity contribution in [2.75, 3.05) is 21.3 Å². The average Bonchev–Trinajstić information content (AvgIpc) is 2.77. The predicted octanol–water partition coefficient (Wildman–Crippen LogP) is 4.64. The third-order valence-electron chi connectivity index (χ3n) is 5.92. The van der Waals surface area contributed by atoms with Crippen LogP contribution in [0.25, 0.3) is 0 Å². The number of carbonyl (C=O) groups excluding carboxylic acids is 1. The number of benzene rings is 2. The average molecular weight is 382 g/mol. The Bertz CT molecular complexity index is 858. The zero-order valence-corrected chi connectivity index (χ0v) is 16.6. The van der Waals surface area contributed by atoms with Crippen LogP contribution >= 0.6 is 0 Å². The molecule has 0 aromatic heterocycles. The maximum atomic E-state index is 11.8. The molecule has 148 valence electrons. The van der Waals surface area contributed by atoms with Crippen molar-refractivity contribution in [2.45, 2.75) is 43.8 Å². The summed E-state index contributed by atoms with van der Waals surface area (Å²) in [7, 11) is 4.71. The summed E-state index contributed by atoms with van der Waals surface area (Å²) in [6.45, 7) is 0. The fourth-order valence-corrected chi connectivity index (χ4v) is 4.49. The molecule has 0 radical (unpaired) electrons. The Morgan fingerprint density at radius 1 is 0.929 bits per heavy atom. The van der Waals surface area contributed by atoms with Crippen LogP contribution in [-0.4, -0.2) is 33.4 Å². The molecule has 2 aromatic rings. The minimum absolute atomic E-state index is 0.194. The van der Waals surface area contributed by atoms with Crippen LogP contribution in [-0.2, 0) is 9.47 Å². The lowest BCUT2D eigenvalue weighted by atomic mass is 9.76. The number of ether oxygens (including phenoxy) is 4. The number of esters is 1. The van der Waals surface area contributed by atoms with Crippen LogP contribution in [0.15, 0.2) is 36.4 Å². The highest BCUT2D eigenvalue weighted by Gasteiger charge is 2.38. The van der Waals surface area contributed by atoms with Crippen molar-refractivity contribution in [2.24, 2.45) is 0 Å². The molecule has 0 saturated heterocycles. The predicted molar refractivity (Wildman–Crippen MR) is 105 cm³/mol. The largest absolute Gasteiger partial charge is 0.493 e. The second kappa shape index (κ2) is 7.84. The van der Waals surface area contributed by atoms with Crippen molar-refractivity contribution < 1.29 is 23.7 Å². The number of methoxy groups -OCH3 is 3. The molecule has 2 aliphatic rings. The molecule has 1 saturated carbocycles. The fourth-order valence-electron chi connectivity index (χ4n) is 4.49. The van der Waals surface area contributed by atoms with Crippen molar-refractivity contribution in [3.63, 3.8) is 0 Å². The molecule has 1 aliphatic heterocycles. The van der Waals surface area contributed by atoms with Gasteiger partial charge in [0.2, 0.25) is 0 Å². The van der Waals surface area contributed by atoms with Crippen molar-refractivity contribution in [1.29, 1.82) is 0 Å². The van der Waals surface area contributed by atoms with Gasteiger partial charge in [-0.05, 0) is 53.8 Å². The van der Waals surface area contributed by atoms with Gasteiger partial charge < -0.3 is 18.9 Å². The molecule has 2 aromatic carbocycles. The van der Waals surface area contributed by atoms with Crippen LogP contribution in [0.1, 0.15) is 64.8 Å². The molecule has 5 heteroatoms. The topological polar surface area (TPSA) is 54.0 Å². The Kier molecular flexibility index (Phi) is 5.27. The first kappa shape index (κ1) is 18.8. The highest BCUT2D eigenvalue weighted by atomic mass is 16.5. The summed E-state index contributed by atoms with van der Waals surface area (Å²) >= 11 is 0. The van der Waals surface area contributed by atoms with Crippen molar-refractivity contribution >= 4 is 5.97 Å². The van der Waals surface area contributed by atoms with E-state index in [4.69, 9.17) is 18.9 Å². The van der Waals surface area contributed by atoms with Crippen molar-refractivity contribution in [3.8, 4) is 11.5 Å². The molecule has 5 nitrogen and oxygen atoms in total. The van der Waals surface area contributed by atoms with Gasteiger partial charge in [-0.1, -0.05) is 25.0 Å². The summed E-state index contributed by atoms with van der Waals surface area (Å²) < 4.78 is 22.5. The number of hydrogen-bond donors (Lipinski definition) is 0. The van der Waals surface area contributed by atoms with Crippen LogP contribution in [0.4, 0.5) is 0 Å². The smallest absolute Gasteiger partial charge is 0.337 e. The fraction of sp³-hybridized carbons (Fsp3) is 0.435. The van der Waals surface area contributed by atoms with Gasteiger partial charge in [-0.3, -0.25) is 0 Å². The molecular formula is C23H26O5. The minimum atomic E-state index is -0.338. The second-order valence-electron chi connectivity index (χ2n) is 7.40. The highest BCUT2D eigenvalue weighted by Crippen LogP contribution is 2.49. The molecule has 28 heavy (non-hydrogen) atoms. The van der Waals surface area contributed by atoms with Crippen molar-refractivity contribution in [1.82, 2.24) is 0 Å². The number of rotatable bonds is 4. The van der Waals surface area contributed by atoms with E-state index in [0.717, 1.165) is 29.7 Å². The van der Waals surface area contributed by atoms with Crippen LogP contribution < -0.4 is 9.47 Å². The lowest BCUT2D eigenvalue weighted by Gasteiger charge is -2.41. The van der Waals surface area contributed by atoms with E-state index in [9.17, 15) is 4.79 Å². The van der Waals surface area contributed by atoms with Crippen molar-refractivity contribution in [3.05, 3.63) is 58.7 Å². The first-order valence-electron chi connectivity index (χ1n) is 9.75. The first-order valence-corrected chi connectivity index (χ1v) is 9.75. The van der Waals surface area contributed by atoms with Gasteiger partial charge in [0.15, 0.2) is 11.5 Å². The molecule has 0 amide bonds. The van der Waals surface area contributed by atoms with Gasteiger partial charge in [-0.25, -0.2) is 4.79 Å². The summed E-state index contributed by atoms with van der Waals surface area (Å²) in [5.74, 6) is 1.51. The Morgan fingerprint density at radius 2 is 1.57 bits per heavy atom. The van der Waals surface area contributed by atoms with E-state index in [0.29, 0.717) is 17.2 Å². The minimum Gasteiger partial charge on any atom is -0.493 e. The number of carbonyl (C=O) groups is 1. The SMILES string of the molecule is COC(=O)c1ccc([C@@H]2O[C@@H]3CCCC[C@@H]3c3cc(OC)c(OC)cc32)cc1. The summed E-state index contributed by atoms with van der Waals surface area (Å²) in [5, 5.41) is 0. The highest BCUT2D eigenvalue weighted by molar-refractivity contribution is 5.89. The first-order chi connectivity index (χ1) is 13.7. The Balaban J connectivity index is 1.79. The maximum Gasteiger partial charge on any atom is 0.337 e. The lowest BCUT2D eigenvalue weighted by Crippen LogP contribution is -2.33. The standard InChI is InChI=1S/C23H26O5/c1-25-20-12-17-16-6-4-5-7-19(16)28-22(18(17)13-21(20)26-2)14-8-10-15(11-9-14)23(24)27-3/h8-13,16,19,22H,4-7H2,1-3H3/t16-,19-,22+/m1/s1. The molecule has 0 bridgehead atoms.